The fraction of sp³-hybridized carbons (Fsp3) is 0.444. The van der Waals surface area contributed by atoms with Crippen LogP contribution in [-0.2, 0) is 10.5 Å². The van der Waals surface area contributed by atoms with Crippen molar-refractivity contribution in [3.8, 4) is 0 Å². The van der Waals surface area contributed by atoms with Crippen LogP contribution in [0.15, 0.2) is 47.8 Å². The third kappa shape index (κ3) is 4.94. The number of nitrogens with one attached hydrogen (secondary N) is 1. The molecule has 0 aliphatic carbocycles. The number of thioether (sulfide) groups is 1. The van der Waals surface area contributed by atoms with Crippen molar-refractivity contribution in [1.29, 1.82) is 0 Å². The van der Waals surface area contributed by atoms with Gasteiger partial charge in [0.05, 0.1) is 12.4 Å². The summed E-state index contributed by atoms with van der Waals surface area (Å²) in [5.41, 5.74) is 1.30. The highest BCUT2D eigenvalue weighted by atomic mass is 32.2. The Hall–Kier alpha value is -1.59. The first-order chi connectivity index (χ1) is 11.3. The molecule has 1 saturated heterocycles. The smallest absolute Gasteiger partial charge is 0.146 e. The molecule has 0 spiro atoms. The quantitative estimate of drug-likeness (QED) is 0.812. The second kappa shape index (κ2) is 8.31. The van der Waals surface area contributed by atoms with E-state index in [-0.39, 0.29) is 0 Å². The molecule has 1 N–H and O–H groups in total. The first-order valence-electron chi connectivity index (χ1n) is 8.14. The van der Waals surface area contributed by atoms with Gasteiger partial charge in [0.15, 0.2) is 0 Å². The highest BCUT2D eigenvalue weighted by Gasteiger charge is 2.20. The maximum Gasteiger partial charge on any atom is 0.146 e. The number of hydrogen-bond donors (Lipinski definition) is 1. The van der Waals surface area contributed by atoms with E-state index in [2.05, 4.69) is 46.5 Å². The molecule has 1 atom stereocenters. The van der Waals surface area contributed by atoms with Crippen LogP contribution in [0.5, 0.6) is 0 Å². The average molecular weight is 329 g/mol. The summed E-state index contributed by atoms with van der Waals surface area (Å²) in [5.74, 6) is 2.42. The van der Waals surface area contributed by atoms with Crippen molar-refractivity contribution in [2.75, 3.05) is 18.5 Å². The third-order valence-corrected chi connectivity index (χ3v) is 5.16. The van der Waals surface area contributed by atoms with Crippen LogP contribution in [0.1, 0.15) is 25.3 Å². The van der Waals surface area contributed by atoms with E-state index < -0.39 is 0 Å². The molecule has 1 fully saturated rings. The van der Waals surface area contributed by atoms with Crippen LogP contribution in [0.2, 0.25) is 0 Å². The van der Waals surface area contributed by atoms with Gasteiger partial charge in [0.2, 0.25) is 0 Å². The van der Waals surface area contributed by atoms with Gasteiger partial charge in [-0.05, 0) is 31.2 Å². The molecule has 1 unspecified atom stereocenters. The van der Waals surface area contributed by atoms with Crippen LogP contribution in [-0.4, -0.2) is 29.2 Å². The number of nitrogens with zero attached hydrogens (tertiary/aromatic N) is 2. The number of anilines is 1. The second-order valence-electron chi connectivity index (χ2n) is 5.90. The lowest BCUT2D eigenvalue weighted by atomic mass is 9.93. The zero-order valence-electron chi connectivity index (χ0n) is 13.4. The number of ether oxygens (including phenoxy) is 1. The SMILES string of the molecule is CC(Nc1cncc(SCc2ccccc2)n1)C1CCOCC1. The summed E-state index contributed by atoms with van der Waals surface area (Å²) in [7, 11) is 0. The van der Waals surface area contributed by atoms with Gasteiger partial charge in [-0.2, -0.15) is 0 Å². The molecular formula is C18H23N3OS. The lowest BCUT2D eigenvalue weighted by Gasteiger charge is -2.28. The molecule has 0 amide bonds. The third-order valence-electron chi connectivity index (χ3n) is 4.19. The summed E-state index contributed by atoms with van der Waals surface area (Å²) in [6, 6.07) is 10.8. The van der Waals surface area contributed by atoms with E-state index in [1.54, 1.807) is 11.8 Å². The van der Waals surface area contributed by atoms with E-state index >= 15 is 0 Å². The van der Waals surface area contributed by atoms with Crippen molar-refractivity contribution in [2.45, 2.75) is 36.6 Å². The molecular weight excluding hydrogens is 306 g/mol. The summed E-state index contributed by atoms with van der Waals surface area (Å²) in [5, 5.41) is 4.46. The summed E-state index contributed by atoms with van der Waals surface area (Å²) in [6.07, 6.45) is 5.87. The fourth-order valence-corrected chi connectivity index (χ4v) is 3.59. The van der Waals surface area contributed by atoms with Gasteiger partial charge in [-0.15, -0.1) is 11.8 Å². The maximum atomic E-state index is 5.43. The van der Waals surface area contributed by atoms with Gasteiger partial charge >= 0.3 is 0 Å². The first-order valence-corrected chi connectivity index (χ1v) is 9.13. The highest BCUT2D eigenvalue weighted by Crippen LogP contribution is 2.23. The molecule has 3 rings (SSSR count). The standard InChI is InChI=1S/C18H23N3OS/c1-14(16-7-9-22-10-8-16)20-17-11-19-12-18(21-17)23-13-15-5-3-2-4-6-15/h2-6,11-12,14,16H,7-10,13H2,1H3,(H,20,21). The predicted octanol–water partition coefficient (Wildman–Crippen LogP) is 4.00. The second-order valence-corrected chi connectivity index (χ2v) is 6.90. The predicted molar refractivity (Wildman–Crippen MR) is 94.7 cm³/mol. The highest BCUT2D eigenvalue weighted by molar-refractivity contribution is 7.98. The zero-order chi connectivity index (χ0) is 15.9. The normalized spacial score (nSPS) is 16.9. The van der Waals surface area contributed by atoms with E-state index in [1.165, 1.54) is 5.56 Å². The van der Waals surface area contributed by atoms with E-state index in [9.17, 15) is 0 Å². The Bertz CT molecular complexity index is 602. The Morgan fingerprint density at radius 2 is 2.00 bits per heavy atom. The van der Waals surface area contributed by atoms with Gasteiger partial charge in [0.1, 0.15) is 10.8 Å². The molecule has 122 valence electrons. The minimum absolute atomic E-state index is 0.391. The first kappa shape index (κ1) is 16.3. The Balaban J connectivity index is 1.56. The van der Waals surface area contributed by atoms with E-state index in [0.29, 0.717) is 12.0 Å². The van der Waals surface area contributed by atoms with Gasteiger partial charge < -0.3 is 10.1 Å². The molecule has 4 nitrogen and oxygen atoms in total. The lowest BCUT2D eigenvalue weighted by molar-refractivity contribution is 0.0622. The number of aromatic nitrogens is 2. The van der Waals surface area contributed by atoms with Crippen molar-refractivity contribution in [2.24, 2.45) is 5.92 Å². The largest absolute Gasteiger partial charge is 0.381 e. The molecule has 0 saturated carbocycles. The van der Waals surface area contributed by atoms with Gasteiger partial charge in [-0.3, -0.25) is 4.98 Å². The Kier molecular flexibility index (Phi) is 5.88. The van der Waals surface area contributed by atoms with Gasteiger partial charge in [0.25, 0.3) is 0 Å². The zero-order valence-corrected chi connectivity index (χ0v) is 14.3. The van der Waals surface area contributed by atoms with Crippen LogP contribution in [0, 0.1) is 5.92 Å². The summed E-state index contributed by atoms with van der Waals surface area (Å²) in [4.78, 5) is 9.01. The molecule has 23 heavy (non-hydrogen) atoms. The summed E-state index contributed by atoms with van der Waals surface area (Å²) >= 11 is 1.72. The average Bonchev–Trinajstić information content (AvgIpc) is 2.62. The minimum Gasteiger partial charge on any atom is -0.381 e. The Labute approximate surface area is 142 Å². The van der Waals surface area contributed by atoms with Crippen molar-refractivity contribution in [1.82, 2.24) is 9.97 Å². The molecule has 1 aliphatic heterocycles. The van der Waals surface area contributed by atoms with Gasteiger partial charge in [-0.1, -0.05) is 30.3 Å². The molecule has 1 aromatic carbocycles. The van der Waals surface area contributed by atoms with Crippen LogP contribution in [0.3, 0.4) is 0 Å². The van der Waals surface area contributed by atoms with E-state index in [4.69, 9.17) is 4.74 Å². The lowest BCUT2D eigenvalue weighted by Crippen LogP contribution is -2.31. The summed E-state index contributed by atoms with van der Waals surface area (Å²) < 4.78 is 5.43. The molecule has 2 aromatic rings. The van der Waals surface area contributed by atoms with Crippen molar-refractivity contribution >= 4 is 17.6 Å². The Morgan fingerprint density at radius 3 is 2.78 bits per heavy atom. The molecule has 5 heteroatoms. The molecule has 1 aliphatic rings. The van der Waals surface area contributed by atoms with E-state index in [1.807, 2.05) is 18.5 Å². The number of rotatable bonds is 6. The van der Waals surface area contributed by atoms with Crippen LogP contribution in [0.25, 0.3) is 0 Å². The molecule has 1 aromatic heterocycles. The monoisotopic (exact) mass is 329 g/mol. The van der Waals surface area contributed by atoms with Crippen molar-refractivity contribution < 1.29 is 4.74 Å². The molecule has 2 heterocycles. The number of hydrogen-bond acceptors (Lipinski definition) is 5. The summed E-state index contributed by atoms with van der Waals surface area (Å²) in [6.45, 7) is 3.96. The van der Waals surface area contributed by atoms with Crippen LogP contribution in [0.4, 0.5) is 5.82 Å². The Morgan fingerprint density at radius 1 is 1.22 bits per heavy atom. The van der Waals surface area contributed by atoms with Crippen LogP contribution < -0.4 is 5.32 Å². The van der Waals surface area contributed by atoms with Crippen molar-refractivity contribution in [3.05, 3.63) is 48.3 Å². The van der Waals surface area contributed by atoms with Gasteiger partial charge in [0, 0.05) is 25.0 Å². The maximum absolute atomic E-state index is 5.43. The van der Waals surface area contributed by atoms with Crippen LogP contribution >= 0.6 is 11.8 Å². The van der Waals surface area contributed by atoms with Gasteiger partial charge in [-0.25, -0.2) is 4.98 Å². The number of benzene rings is 1. The van der Waals surface area contributed by atoms with Crippen molar-refractivity contribution in [3.63, 3.8) is 0 Å². The molecule has 0 radical (unpaired) electrons. The fourth-order valence-electron chi connectivity index (χ4n) is 2.79. The molecule has 0 bridgehead atoms. The van der Waals surface area contributed by atoms with E-state index in [0.717, 1.165) is 42.7 Å². The topological polar surface area (TPSA) is 47.0 Å². The minimum atomic E-state index is 0.391.